The molecular formula is C13H14BrFN2S. The van der Waals surface area contributed by atoms with Crippen LogP contribution in [-0.4, -0.2) is 11.5 Å². The first-order chi connectivity index (χ1) is 8.58. The normalized spacial score (nSPS) is 10.7. The zero-order valence-electron chi connectivity index (χ0n) is 10.3. The fourth-order valence-corrected chi connectivity index (χ4v) is 2.95. The first-order valence-electron chi connectivity index (χ1n) is 5.66. The summed E-state index contributed by atoms with van der Waals surface area (Å²) in [6, 6.07) is 3.31. The van der Waals surface area contributed by atoms with Crippen LogP contribution >= 0.6 is 27.3 Å². The van der Waals surface area contributed by atoms with Gasteiger partial charge in [0.05, 0.1) is 15.7 Å². The monoisotopic (exact) mass is 328 g/mol. The van der Waals surface area contributed by atoms with Gasteiger partial charge in [0.2, 0.25) is 0 Å². The average Bonchev–Trinajstić information content (AvgIpc) is 2.72. The molecule has 0 unspecified atom stereocenters. The average molecular weight is 329 g/mol. The van der Waals surface area contributed by atoms with Gasteiger partial charge in [-0.1, -0.05) is 0 Å². The number of hydrogen-bond acceptors (Lipinski definition) is 3. The minimum absolute atomic E-state index is 0.239. The van der Waals surface area contributed by atoms with Crippen molar-refractivity contribution in [2.24, 2.45) is 0 Å². The topological polar surface area (TPSA) is 24.9 Å². The third-order valence-corrected chi connectivity index (χ3v) is 4.38. The summed E-state index contributed by atoms with van der Waals surface area (Å²) in [4.78, 5) is 5.49. The lowest BCUT2D eigenvalue weighted by Crippen LogP contribution is -2.06. The SMILES string of the molecule is Cc1cc(Br)c(F)cc1NCCc1scnc1C. The number of thiazole rings is 1. The summed E-state index contributed by atoms with van der Waals surface area (Å²) < 4.78 is 13.9. The Balaban J connectivity index is 1.99. The van der Waals surface area contributed by atoms with E-state index in [1.165, 1.54) is 10.9 Å². The van der Waals surface area contributed by atoms with Crippen molar-refractivity contribution < 1.29 is 4.39 Å². The molecule has 1 aromatic heterocycles. The molecular weight excluding hydrogens is 315 g/mol. The molecule has 0 saturated carbocycles. The van der Waals surface area contributed by atoms with E-state index in [0.29, 0.717) is 4.47 Å². The molecule has 1 heterocycles. The van der Waals surface area contributed by atoms with Gasteiger partial charge < -0.3 is 5.32 Å². The van der Waals surface area contributed by atoms with Crippen LogP contribution in [0.3, 0.4) is 0 Å². The number of halogens is 2. The van der Waals surface area contributed by atoms with Gasteiger partial charge in [0, 0.05) is 23.5 Å². The molecule has 0 saturated heterocycles. The summed E-state index contributed by atoms with van der Waals surface area (Å²) in [6.45, 7) is 4.76. The number of rotatable bonds is 4. The summed E-state index contributed by atoms with van der Waals surface area (Å²) in [5.41, 5.74) is 4.82. The van der Waals surface area contributed by atoms with Crippen LogP contribution < -0.4 is 5.32 Å². The van der Waals surface area contributed by atoms with E-state index in [0.717, 1.165) is 29.9 Å². The quantitative estimate of drug-likeness (QED) is 0.904. The molecule has 96 valence electrons. The predicted octanol–water partition coefficient (Wildman–Crippen LogP) is 4.32. The zero-order valence-corrected chi connectivity index (χ0v) is 12.7. The summed E-state index contributed by atoms with van der Waals surface area (Å²) in [6.07, 6.45) is 0.910. The van der Waals surface area contributed by atoms with Crippen LogP contribution in [0.5, 0.6) is 0 Å². The van der Waals surface area contributed by atoms with E-state index in [1.807, 2.05) is 19.4 Å². The molecule has 2 nitrogen and oxygen atoms in total. The lowest BCUT2D eigenvalue weighted by Gasteiger charge is -2.10. The maximum atomic E-state index is 13.4. The number of nitrogens with one attached hydrogen (secondary N) is 1. The van der Waals surface area contributed by atoms with Crippen LogP contribution in [0.25, 0.3) is 0 Å². The van der Waals surface area contributed by atoms with Crippen molar-refractivity contribution in [3.05, 3.63) is 44.1 Å². The standard InChI is InChI=1S/C13H14BrFN2S/c1-8-5-10(14)11(15)6-12(8)16-4-3-13-9(2)17-7-18-13/h5-7,16H,3-4H2,1-2H3. The van der Waals surface area contributed by atoms with Gasteiger partial charge in [0.15, 0.2) is 0 Å². The highest BCUT2D eigenvalue weighted by Gasteiger charge is 2.06. The van der Waals surface area contributed by atoms with Crippen LogP contribution in [0.1, 0.15) is 16.1 Å². The molecule has 1 aromatic carbocycles. The first-order valence-corrected chi connectivity index (χ1v) is 7.33. The Kier molecular flexibility index (Phi) is 4.35. The minimum atomic E-state index is -0.239. The van der Waals surface area contributed by atoms with Gasteiger partial charge >= 0.3 is 0 Å². The van der Waals surface area contributed by atoms with E-state index in [2.05, 4.69) is 26.2 Å². The van der Waals surface area contributed by atoms with Crippen LogP contribution in [0.4, 0.5) is 10.1 Å². The molecule has 0 fully saturated rings. The molecule has 0 aliphatic carbocycles. The lowest BCUT2D eigenvalue weighted by atomic mass is 10.2. The summed E-state index contributed by atoms with van der Waals surface area (Å²) in [5.74, 6) is -0.239. The van der Waals surface area contributed by atoms with Gasteiger partial charge in [-0.05, 0) is 47.5 Å². The van der Waals surface area contributed by atoms with Gasteiger partial charge in [-0.15, -0.1) is 11.3 Å². The maximum absolute atomic E-state index is 13.4. The van der Waals surface area contributed by atoms with Crippen molar-refractivity contribution in [2.45, 2.75) is 20.3 Å². The first kappa shape index (κ1) is 13.5. The van der Waals surface area contributed by atoms with Gasteiger partial charge in [-0.2, -0.15) is 0 Å². The van der Waals surface area contributed by atoms with Crippen LogP contribution in [0.15, 0.2) is 22.1 Å². The predicted molar refractivity (Wildman–Crippen MR) is 77.9 cm³/mol. The highest BCUT2D eigenvalue weighted by molar-refractivity contribution is 9.10. The second-order valence-electron chi connectivity index (χ2n) is 4.12. The fourth-order valence-electron chi connectivity index (χ4n) is 1.71. The zero-order chi connectivity index (χ0) is 13.1. The molecule has 0 aliphatic heterocycles. The maximum Gasteiger partial charge on any atom is 0.139 e. The van der Waals surface area contributed by atoms with Crippen LogP contribution in [-0.2, 0) is 6.42 Å². The van der Waals surface area contributed by atoms with Gasteiger partial charge in [0.25, 0.3) is 0 Å². The van der Waals surface area contributed by atoms with Crippen molar-refractivity contribution in [1.29, 1.82) is 0 Å². The number of nitrogens with zero attached hydrogens (tertiary/aromatic N) is 1. The highest BCUT2D eigenvalue weighted by atomic mass is 79.9. The Morgan fingerprint density at radius 3 is 2.83 bits per heavy atom. The molecule has 0 bridgehead atoms. The van der Waals surface area contributed by atoms with E-state index >= 15 is 0 Å². The second kappa shape index (κ2) is 5.80. The molecule has 2 aromatic rings. The van der Waals surface area contributed by atoms with E-state index in [-0.39, 0.29) is 5.82 Å². The van der Waals surface area contributed by atoms with E-state index in [9.17, 15) is 4.39 Å². The van der Waals surface area contributed by atoms with Crippen LogP contribution in [0, 0.1) is 19.7 Å². The van der Waals surface area contributed by atoms with Gasteiger partial charge in [-0.3, -0.25) is 0 Å². The number of anilines is 1. The van der Waals surface area contributed by atoms with Crippen molar-refractivity contribution in [1.82, 2.24) is 4.98 Å². The second-order valence-corrected chi connectivity index (χ2v) is 5.91. The third-order valence-electron chi connectivity index (χ3n) is 2.78. The Morgan fingerprint density at radius 1 is 1.39 bits per heavy atom. The largest absolute Gasteiger partial charge is 0.384 e. The van der Waals surface area contributed by atoms with Crippen molar-refractivity contribution in [2.75, 3.05) is 11.9 Å². The molecule has 0 amide bonds. The Morgan fingerprint density at radius 2 is 2.17 bits per heavy atom. The number of benzene rings is 1. The van der Waals surface area contributed by atoms with Crippen molar-refractivity contribution in [3.8, 4) is 0 Å². The van der Waals surface area contributed by atoms with E-state index in [1.54, 1.807) is 17.4 Å². The smallest absolute Gasteiger partial charge is 0.139 e. The molecule has 0 atom stereocenters. The lowest BCUT2D eigenvalue weighted by molar-refractivity contribution is 0.621. The minimum Gasteiger partial charge on any atom is -0.384 e. The summed E-state index contributed by atoms with van der Waals surface area (Å²) >= 11 is 4.84. The summed E-state index contributed by atoms with van der Waals surface area (Å²) in [7, 11) is 0. The molecule has 2 rings (SSSR count). The molecule has 0 spiro atoms. The van der Waals surface area contributed by atoms with E-state index < -0.39 is 0 Å². The number of hydrogen-bond donors (Lipinski definition) is 1. The third kappa shape index (κ3) is 3.09. The molecule has 18 heavy (non-hydrogen) atoms. The van der Waals surface area contributed by atoms with Crippen molar-refractivity contribution >= 4 is 33.0 Å². The Bertz CT molecular complexity index is 554. The van der Waals surface area contributed by atoms with Crippen molar-refractivity contribution in [3.63, 3.8) is 0 Å². The van der Waals surface area contributed by atoms with Gasteiger partial charge in [-0.25, -0.2) is 9.37 Å². The summed E-state index contributed by atoms with van der Waals surface area (Å²) in [5, 5.41) is 3.26. The fraction of sp³-hybridized carbons (Fsp3) is 0.308. The molecule has 0 aliphatic rings. The molecule has 1 N–H and O–H groups in total. The van der Waals surface area contributed by atoms with Crippen LogP contribution in [0.2, 0.25) is 0 Å². The van der Waals surface area contributed by atoms with Gasteiger partial charge in [0.1, 0.15) is 5.82 Å². The number of aromatic nitrogens is 1. The Labute approximate surface area is 118 Å². The van der Waals surface area contributed by atoms with E-state index in [4.69, 9.17) is 0 Å². The molecule has 5 heteroatoms. The highest BCUT2D eigenvalue weighted by Crippen LogP contribution is 2.24. The Hall–Kier alpha value is -0.940. The number of aryl methyl sites for hydroxylation is 2. The molecule has 0 radical (unpaired) electrons.